The number of ketones is 1. The van der Waals surface area contributed by atoms with Gasteiger partial charge >= 0.3 is 0 Å². The maximum Gasteiger partial charge on any atom is 0.164 e. The van der Waals surface area contributed by atoms with E-state index in [-0.39, 0.29) is 10.8 Å². The van der Waals surface area contributed by atoms with Gasteiger partial charge in [-0.05, 0) is 24.1 Å². The van der Waals surface area contributed by atoms with Crippen LogP contribution in [0.15, 0.2) is 18.2 Å². The summed E-state index contributed by atoms with van der Waals surface area (Å²) in [5.41, 5.74) is 0.415. The average molecular weight is 229 g/mol. The van der Waals surface area contributed by atoms with Crippen LogP contribution in [-0.2, 0) is 0 Å². The fourth-order valence-electron chi connectivity index (χ4n) is 1.29. The van der Waals surface area contributed by atoms with Gasteiger partial charge in [0.15, 0.2) is 5.78 Å². The van der Waals surface area contributed by atoms with Gasteiger partial charge in [-0.25, -0.2) is 4.39 Å². The number of rotatable bonds is 4. The molecule has 1 atom stereocenters. The lowest BCUT2D eigenvalue weighted by Crippen LogP contribution is -2.06. The fourth-order valence-corrected chi connectivity index (χ4v) is 1.56. The van der Waals surface area contributed by atoms with Crippen LogP contribution in [0.1, 0.15) is 37.0 Å². The van der Waals surface area contributed by atoms with Crippen molar-refractivity contribution in [3.05, 3.63) is 34.6 Å². The first kappa shape index (κ1) is 12.2. The van der Waals surface area contributed by atoms with Crippen molar-refractivity contribution < 1.29 is 9.18 Å². The van der Waals surface area contributed by atoms with E-state index >= 15 is 0 Å². The van der Waals surface area contributed by atoms with Crippen molar-refractivity contribution in [2.45, 2.75) is 26.7 Å². The quantitative estimate of drug-likeness (QED) is 0.710. The minimum absolute atomic E-state index is 0.0191. The number of hydrogen-bond donors (Lipinski definition) is 0. The van der Waals surface area contributed by atoms with E-state index in [9.17, 15) is 9.18 Å². The van der Waals surface area contributed by atoms with E-state index in [1.165, 1.54) is 18.2 Å². The molecule has 0 bridgehead atoms. The molecule has 0 N–H and O–H groups in total. The largest absolute Gasteiger partial charge is 0.294 e. The van der Waals surface area contributed by atoms with Crippen LogP contribution in [0.3, 0.4) is 0 Å². The molecule has 0 aromatic heterocycles. The zero-order valence-corrected chi connectivity index (χ0v) is 9.64. The highest BCUT2D eigenvalue weighted by atomic mass is 35.5. The first-order valence-corrected chi connectivity index (χ1v) is 5.40. The molecule has 3 heteroatoms. The highest BCUT2D eigenvalue weighted by molar-refractivity contribution is 6.33. The molecule has 0 amide bonds. The van der Waals surface area contributed by atoms with Gasteiger partial charge in [-0.1, -0.05) is 31.9 Å². The first-order chi connectivity index (χ1) is 7.04. The summed E-state index contributed by atoms with van der Waals surface area (Å²) in [4.78, 5) is 11.7. The van der Waals surface area contributed by atoms with Crippen molar-refractivity contribution >= 4 is 17.4 Å². The van der Waals surface area contributed by atoms with Crippen molar-refractivity contribution in [1.29, 1.82) is 0 Å². The zero-order valence-electron chi connectivity index (χ0n) is 8.89. The minimum atomic E-state index is -0.417. The second-order valence-corrected chi connectivity index (χ2v) is 4.17. The Bertz CT molecular complexity index is 363. The van der Waals surface area contributed by atoms with E-state index in [2.05, 4.69) is 0 Å². The van der Waals surface area contributed by atoms with Crippen LogP contribution in [0.25, 0.3) is 0 Å². The molecular weight excluding hydrogens is 215 g/mol. The van der Waals surface area contributed by atoms with Crippen LogP contribution in [-0.4, -0.2) is 5.78 Å². The summed E-state index contributed by atoms with van der Waals surface area (Å²) < 4.78 is 12.7. The van der Waals surface area contributed by atoms with Crippen molar-refractivity contribution in [2.75, 3.05) is 0 Å². The maximum absolute atomic E-state index is 12.7. The van der Waals surface area contributed by atoms with Crippen molar-refractivity contribution in [1.82, 2.24) is 0 Å². The van der Waals surface area contributed by atoms with Gasteiger partial charge < -0.3 is 0 Å². The van der Waals surface area contributed by atoms with Crippen molar-refractivity contribution in [3.8, 4) is 0 Å². The number of benzene rings is 1. The summed E-state index contributed by atoms with van der Waals surface area (Å²) in [5.74, 6) is -0.104. The molecule has 0 aliphatic rings. The van der Waals surface area contributed by atoms with Gasteiger partial charge in [0.05, 0.1) is 5.02 Å². The van der Waals surface area contributed by atoms with Crippen LogP contribution >= 0.6 is 11.6 Å². The maximum atomic E-state index is 12.7. The Morgan fingerprint density at radius 3 is 2.73 bits per heavy atom. The molecule has 1 unspecified atom stereocenters. The third kappa shape index (κ3) is 3.31. The van der Waals surface area contributed by atoms with E-state index < -0.39 is 5.82 Å². The Morgan fingerprint density at radius 1 is 1.53 bits per heavy atom. The van der Waals surface area contributed by atoms with Crippen LogP contribution in [0, 0.1) is 11.7 Å². The molecule has 1 aromatic rings. The third-order valence-electron chi connectivity index (χ3n) is 2.46. The lowest BCUT2D eigenvalue weighted by atomic mass is 9.98. The monoisotopic (exact) mass is 228 g/mol. The molecule has 0 aliphatic carbocycles. The summed E-state index contributed by atoms with van der Waals surface area (Å²) in [6, 6.07) is 3.88. The van der Waals surface area contributed by atoms with Crippen molar-refractivity contribution in [3.63, 3.8) is 0 Å². The molecule has 0 saturated heterocycles. The average Bonchev–Trinajstić information content (AvgIpc) is 2.17. The Hall–Kier alpha value is -0.890. The summed E-state index contributed by atoms with van der Waals surface area (Å²) in [6.45, 7) is 4.04. The summed E-state index contributed by atoms with van der Waals surface area (Å²) in [6.07, 6.45) is 1.41. The van der Waals surface area contributed by atoms with E-state index in [0.29, 0.717) is 17.9 Å². The minimum Gasteiger partial charge on any atom is -0.294 e. The Labute approximate surface area is 94.3 Å². The van der Waals surface area contributed by atoms with Gasteiger partial charge in [-0.15, -0.1) is 0 Å². The Balaban J connectivity index is 2.82. The van der Waals surface area contributed by atoms with Crippen LogP contribution < -0.4 is 0 Å². The second kappa shape index (κ2) is 5.26. The summed E-state index contributed by atoms with van der Waals surface area (Å²) >= 11 is 5.79. The van der Waals surface area contributed by atoms with Crippen molar-refractivity contribution in [2.24, 2.45) is 5.92 Å². The molecule has 0 aliphatic heterocycles. The first-order valence-electron chi connectivity index (χ1n) is 5.02. The third-order valence-corrected chi connectivity index (χ3v) is 2.78. The fraction of sp³-hybridized carbons (Fsp3) is 0.417. The molecule has 0 saturated carbocycles. The number of carbonyl (C=O) groups is 1. The summed E-state index contributed by atoms with van der Waals surface area (Å²) in [5, 5.41) is 0.198. The highest BCUT2D eigenvalue weighted by Gasteiger charge is 2.13. The number of hydrogen-bond acceptors (Lipinski definition) is 1. The smallest absolute Gasteiger partial charge is 0.164 e. The van der Waals surface area contributed by atoms with E-state index in [1.807, 2.05) is 13.8 Å². The predicted molar refractivity (Wildman–Crippen MR) is 59.8 cm³/mol. The molecule has 1 nitrogen and oxygen atoms in total. The van der Waals surface area contributed by atoms with E-state index in [0.717, 1.165) is 6.42 Å². The van der Waals surface area contributed by atoms with Crippen LogP contribution in [0.4, 0.5) is 4.39 Å². The van der Waals surface area contributed by atoms with Gasteiger partial charge in [-0.2, -0.15) is 0 Å². The number of Topliss-reactive ketones (excluding diaryl/α,β-unsaturated/α-hetero) is 1. The standard InChI is InChI=1S/C12H14ClFO/c1-3-8(2)6-12(15)10-5-4-9(14)7-11(10)13/h4-5,7-8H,3,6H2,1-2H3. The molecule has 0 spiro atoms. The molecule has 0 fully saturated rings. The molecule has 1 aromatic carbocycles. The topological polar surface area (TPSA) is 17.1 Å². The number of carbonyl (C=O) groups excluding carboxylic acids is 1. The van der Waals surface area contributed by atoms with Gasteiger partial charge in [0.25, 0.3) is 0 Å². The molecule has 0 heterocycles. The Morgan fingerprint density at radius 2 is 2.20 bits per heavy atom. The van der Waals surface area contributed by atoms with Gasteiger partial charge in [0.2, 0.25) is 0 Å². The molecule has 15 heavy (non-hydrogen) atoms. The zero-order chi connectivity index (χ0) is 11.4. The van der Waals surface area contributed by atoms with Crippen LogP contribution in [0.2, 0.25) is 5.02 Å². The lowest BCUT2D eigenvalue weighted by molar-refractivity contribution is 0.0964. The van der Waals surface area contributed by atoms with Crippen LogP contribution in [0.5, 0.6) is 0 Å². The van der Waals surface area contributed by atoms with Gasteiger partial charge in [-0.3, -0.25) is 4.79 Å². The lowest BCUT2D eigenvalue weighted by Gasteiger charge is -2.08. The van der Waals surface area contributed by atoms with E-state index in [1.54, 1.807) is 0 Å². The number of halogens is 2. The SMILES string of the molecule is CCC(C)CC(=O)c1ccc(F)cc1Cl. The Kier molecular flexibility index (Phi) is 4.28. The normalized spacial score (nSPS) is 12.5. The second-order valence-electron chi connectivity index (χ2n) is 3.76. The predicted octanol–water partition coefficient (Wildman–Crippen LogP) is 4.10. The molecule has 0 radical (unpaired) electrons. The van der Waals surface area contributed by atoms with E-state index in [4.69, 9.17) is 11.6 Å². The molecular formula is C12H14ClFO. The molecule has 82 valence electrons. The molecule has 1 rings (SSSR count). The van der Waals surface area contributed by atoms with Gasteiger partial charge in [0, 0.05) is 12.0 Å². The highest BCUT2D eigenvalue weighted by Crippen LogP contribution is 2.21. The van der Waals surface area contributed by atoms with Gasteiger partial charge in [0.1, 0.15) is 5.82 Å². The summed E-state index contributed by atoms with van der Waals surface area (Å²) in [7, 11) is 0.